The second-order valence-electron chi connectivity index (χ2n) is 13.2. The average Bonchev–Trinajstić information content (AvgIpc) is 3.95. The van der Waals surface area contributed by atoms with Crippen LogP contribution in [0.4, 0.5) is 4.79 Å². The summed E-state index contributed by atoms with van der Waals surface area (Å²) >= 11 is 0. The highest BCUT2D eigenvalue weighted by molar-refractivity contribution is 7.89. The summed E-state index contributed by atoms with van der Waals surface area (Å²) in [6.45, 7) is 1.09. The average molecular weight is 710 g/mol. The molecule has 4 heterocycles. The lowest BCUT2D eigenvalue weighted by Crippen LogP contribution is -2.51. The van der Waals surface area contributed by atoms with Crippen molar-refractivity contribution in [3.8, 4) is 17.2 Å². The van der Waals surface area contributed by atoms with Crippen molar-refractivity contribution in [2.45, 2.75) is 74.6 Å². The van der Waals surface area contributed by atoms with Crippen molar-refractivity contribution < 1.29 is 46.7 Å². The van der Waals surface area contributed by atoms with Crippen LogP contribution in [0.25, 0.3) is 0 Å². The second-order valence-corrected chi connectivity index (χ2v) is 15.2. The van der Waals surface area contributed by atoms with E-state index in [1.165, 1.54) is 16.4 Å². The summed E-state index contributed by atoms with van der Waals surface area (Å²) in [5.41, 5.74) is 1.59. The Hall–Kier alpha value is -3.95. The third-order valence-electron chi connectivity index (χ3n) is 9.81. The molecule has 13 nitrogen and oxygen atoms in total. The third-order valence-corrected chi connectivity index (χ3v) is 11.6. The van der Waals surface area contributed by atoms with E-state index in [2.05, 4.69) is 10.3 Å². The molecule has 2 N–H and O–H groups in total. The van der Waals surface area contributed by atoms with Crippen molar-refractivity contribution in [2.75, 3.05) is 33.1 Å². The fraction of sp³-hybridized carbons (Fsp3) is 0.500. The number of hydrogen-bond acceptors (Lipinski definition) is 11. The summed E-state index contributed by atoms with van der Waals surface area (Å²) in [6, 6.07) is 16.6. The van der Waals surface area contributed by atoms with Crippen LogP contribution in [0.1, 0.15) is 43.4 Å². The highest BCUT2D eigenvalue weighted by atomic mass is 32.2. The number of aliphatic hydroxyl groups is 1. The van der Waals surface area contributed by atoms with Gasteiger partial charge in [-0.2, -0.15) is 4.31 Å². The molecule has 0 radical (unpaired) electrons. The fourth-order valence-corrected chi connectivity index (χ4v) is 8.59. The van der Waals surface area contributed by atoms with Crippen LogP contribution in [0.2, 0.25) is 0 Å². The first-order chi connectivity index (χ1) is 24.3. The lowest BCUT2D eigenvalue weighted by molar-refractivity contribution is -0.0907. The van der Waals surface area contributed by atoms with Crippen LogP contribution in [0.5, 0.6) is 17.2 Å². The van der Waals surface area contributed by atoms with Crippen LogP contribution in [0, 0.1) is 11.8 Å². The Kier molecular flexibility index (Phi) is 10.7. The second kappa shape index (κ2) is 15.5. The molecule has 268 valence electrons. The van der Waals surface area contributed by atoms with E-state index in [9.17, 15) is 18.3 Å². The van der Waals surface area contributed by atoms with Crippen LogP contribution in [0.15, 0.2) is 71.8 Å². The molecule has 3 unspecified atom stereocenters. The molecule has 7 rings (SSSR count). The molecule has 4 aliphatic rings. The van der Waals surface area contributed by atoms with Gasteiger partial charge in [0.1, 0.15) is 18.5 Å². The van der Waals surface area contributed by atoms with Gasteiger partial charge >= 0.3 is 6.09 Å². The SMILES string of the molecule is O=C(NC(Cc1ccc(OCc2ccccn2)cc1)C(O)CN(CC1CCCC1)S(=O)(=O)c1ccc2c(c1)OCO2)OC1CO[C@H]2OCC[C@@H]12. The quantitative estimate of drug-likeness (QED) is 0.249. The number of carbonyl (C=O) groups excluding carboxylic acids is 1. The predicted molar refractivity (Wildman–Crippen MR) is 179 cm³/mol. The maximum absolute atomic E-state index is 14.2. The maximum atomic E-state index is 14.2. The number of hydrogen-bond donors (Lipinski definition) is 2. The van der Waals surface area contributed by atoms with Crippen molar-refractivity contribution in [2.24, 2.45) is 11.8 Å². The van der Waals surface area contributed by atoms with Gasteiger partial charge in [-0.1, -0.05) is 31.0 Å². The van der Waals surface area contributed by atoms with Gasteiger partial charge in [-0.3, -0.25) is 4.98 Å². The number of nitrogens with one attached hydrogen (secondary N) is 1. The minimum absolute atomic E-state index is 0.0194. The van der Waals surface area contributed by atoms with Crippen LogP contribution in [-0.4, -0.2) is 86.5 Å². The first kappa shape index (κ1) is 34.5. The summed E-state index contributed by atoms with van der Waals surface area (Å²) < 4.78 is 63.4. The lowest BCUT2D eigenvalue weighted by atomic mass is 10.0. The Labute approximate surface area is 291 Å². The zero-order valence-corrected chi connectivity index (χ0v) is 28.5. The minimum atomic E-state index is -4.06. The summed E-state index contributed by atoms with van der Waals surface area (Å²) in [4.78, 5) is 17.7. The number of sulfonamides is 1. The topological polar surface area (TPSA) is 155 Å². The highest BCUT2D eigenvalue weighted by Gasteiger charge is 2.44. The van der Waals surface area contributed by atoms with Crippen molar-refractivity contribution in [1.29, 1.82) is 0 Å². The van der Waals surface area contributed by atoms with Crippen molar-refractivity contribution >= 4 is 16.1 Å². The summed E-state index contributed by atoms with van der Waals surface area (Å²) in [6.07, 6.45) is 3.62. The van der Waals surface area contributed by atoms with Crippen LogP contribution in [0.3, 0.4) is 0 Å². The largest absolute Gasteiger partial charge is 0.487 e. The molecule has 3 aliphatic heterocycles. The number of nitrogens with zero attached hydrogens (tertiary/aromatic N) is 2. The number of ether oxygens (including phenoxy) is 6. The van der Waals surface area contributed by atoms with Gasteiger partial charge in [0.25, 0.3) is 0 Å². The maximum Gasteiger partial charge on any atom is 0.407 e. The number of carbonyl (C=O) groups is 1. The van der Waals surface area contributed by atoms with Crippen molar-refractivity contribution in [3.63, 3.8) is 0 Å². The normalized spacial score (nSPS) is 22.7. The molecule has 14 heteroatoms. The van der Waals surface area contributed by atoms with E-state index in [4.69, 9.17) is 28.4 Å². The Morgan fingerprint density at radius 2 is 1.84 bits per heavy atom. The van der Waals surface area contributed by atoms with Crippen LogP contribution >= 0.6 is 0 Å². The van der Waals surface area contributed by atoms with Crippen LogP contribution in [-0.2, 0) is 37.3 Å². The van der Waals surface area contributed by atoms with Gasteiger partial charge < -0.3 is 38.8 Å². The molecule has 0 bridgehead atoms. The number of amides is 1. The van der Waals surface area contributed by atoms with Gasteiger partial charge in [-0.05, 0) is 73.6 Å². The monoisotopic (exact) mass is 709 g/mol. The number of rotatable bonds is 14. The smallest absolute Gasteiger partial charge is 0.407 e. The van der Waals surface area contributed by atoms with Crippen molar-refractivity contribution in [1.82, 2.24) is 14.6 Å². The molecule has 1 amide bonds. The molecule has 50 heavy (non-hydrogen) atoms. The van der Waals surface area contributed by atoms with Gasteiger partial charge in [0.05, 0.1) is 41.9 Å². The summed E-state index contributed by atoms with van der Waals surface area (Å²) in [7, 11) is -4.06. The van der Waals surface area contributed by atoms with E-state index in [-0.39, 0.29) is 49.6 Å². The molecular weight excluding hydrogens is 666 g/mol. The summed E-state index contributed by atoms with van der Waals surface area (Å²) in [5, 5.41) is 14.7. The first-order valence-corrected chi connectivity index (χ1v) is 18.7. The zero-order valence-electron chi connectivity index (χ0n) is 27.7. The molecule has 5 atom stereocenters. The van der Waals surface area contributed by atoms with Gasteiger partial charge in [-0.15, -0.1) is 0 Å². The fourth-order valence-electron chi connectivity index (χ4n) is 7.04. The van der Waals surface area contributed by atoms with Gasteiger partial charge in [0.15, 0.2) is 17.8 Å². The first-order valence-electron chi connectivity index (χ1n) is 17.2. The van der Waals surface area contributed by atoms with E-state index in [0.717, 1.165) is 43.4 Å². The molecule has 2 aromatic carbocycles. The third kappa shape index (κ3) is 8.16. The highest BCUT2D eigenvalue weighted by Crippen LogP contribution is 2.36. The van der Waals surface area contributed by atoms with E-state index < -0.39 is 40.7 Å². The van der Waals surface area contributed by atoms with E-state index in [1.807, 2.05) is 42.5 Å². The van der Waals surface area contributed by atoms with Gasteiger partial charge in [0, 0.05) is 25.4 Å². The lowest BCUT2D eigenvalue weighted by Gasteiger charge is -2.31. The number of aliphatic hydroxyl groups excluding tert-OH is 1. The van der Waals surface area contributed by atoms with Gasteiger partial charge in [0.2, 0.25) is 16.8 Å². The Morgan fingerprint density at radius 1 is 1.02 bits per heavy atom. The zero-order chi connectivity index (χ0) is 34.5. The Balaban J connectivity index is 1.09. The Morgan fingerprint density at radius 3 is 2.64 bits per heavy atom. The standard InChI is InChI=1S/C36H43N3O10S/c40-31(20-39(19-25-5-1-2-6-25)50(42,43)28-12-13-32-33(18-28)48-23-47-32)30(38-36(41)49-34-22-46-35-29(34)14-16-44-35)17-24-8-10-27(11-9-24)45-21-26-7-3-4-15-37-26/h3-4,7-13,15,18,25,29-31,34-35,40H,1-2,5-6,14,16-17,19-23H2,(H,38,41)/t29-,30?,31?,34?,35+/m0/s1. The summed E-state index contributed by atoms with van der Waals surface area (Å²) in [5.74, 6) is 1.57. The molecule has 0 spiro atoms. The molecule has 1 aromatic heterocycles. The number of benzene rings is 2. The van der Waals surface area contributed by atoms with E-state index >= 15 is 0 Å². The van der Waals surface area contributed by atoms with E-state index in [1.54, 1.807) is 12.3 Å². The van der Waals surface area contributed by atoms with Crippen LogP contribution < -0.4 is 19.5 Å². The molecule has 1 saturated carbocycles. The molecular formula is C36H43N3O10S. The predicted octanol–water partition coefficient (Wildman–Crippen LogP) is 4.03. The molecule has 3 aromatic rings. The molecule has 3 fully saturated rings. The van der Waals surface area contributed by atoms with E-state index in [0.29, 0.717) is 30.5 Å². The number of pyridine rings is 1. The Bertz CT molecular complexity index is 1700. The molecule has 1 aliphatic carbocycles. The molecule has 2 saturated heterocycles. The number of fused-ring (bicyclic) bond motifs is 2. The number of alkyl carbamates (subject to hydrolysis) is 1. The van der Waals surface area contributed by atoms with Crippen molar-refractivity contribution in [3.05, 3.63) is 78.1 Å². The van der Waals surface area contributed by atoms with Gasteiger partial charge in [-0.25, -0.2) is 13.2 Å². The number of aromatic nitrogens is 1. The minimum Gasteiger partial charge on any atom is -0.487 e.